The number of primary sulfonamides is 1. The van der Waals surface area contributed by atoms with Crippen molar-refractivity contribution >= 4 is 10.0 Å². The van der Waals surface area contributed by atoms with Gasteiger partial charge in [0.05, 0.1) is 5.75 Å². The SMILES string of the molecule is CN1CCN(C)C(CNCCS(N)(=O)=O)C1. The maximum atomic E-state index is 10.7. The van der Waals surface area contributed by atoms with Crippen LogP contribution in [0, 0.1) is 0 Å². The minimum atomic E-state index is -3.34. The van der Waals surface area contributed by atoms with E-state index in [1.54, 1.807) is 0 Å². The van der Waals surface area contributed by atoms with Gasteiger partial charge in [-0.25, -0.2) is 13.6 Å². The number of hydrogen-bond donors (Lipinski definition) is 2. The summed E-state index contributed by atoms with van der Waals surface area (Å²) in [6.45, 7) is 4.38. The van der Waals surface area contributed by atoms with E-state index in [-0.39, 0.29) is 5.75 Å². The molecular formula is C9H22N4O2S. The predicted molar refractivity (Wildman–Crippen MR) is 64.8 cm³/mol. The molecule has 0 aromatic heterocycles. The lowest BCUT2D eigenvalue weighted by Gasteiger charge is -2.37. The molecular weight excluding hydrogens is 228 g/mol. The highest BCUT2D eigenvalue weighted by molar-refractivity contribution is 7.89. The summed E-state index contributed by atoms with van der Waals surface area (Å²) >= 11 is 0. The van der Waals surface area contributed by atoms with E-state index in [9.17, 15) is 8.42 Å². The molecule has 0 aliphatic carbocycles. The van der Waals surface area contributed by atoms with Crippen molar-refractivity contribution in [3.05, 3.63) is 0 Å². The maximum absolute atomic E-state index is 10.7. The number of nitrogens with two attached hydrogens (primary N) is 1. The molecule has 3 N–H and O–H groups in total. The van der Waals surface area contributed by atoms with Crippen LogP contribution in [0.3, 0.4) is 0 Å². The first kappa shape index (κ1) is 13.9. The van der Waals surface area contributed by atoms with Crippen LogP contribution in [0.15, 0.2) is 0 Å². The number of rotatable bonds is 5. The minimum absolute atomic E-state index is 0.000721. The van der Waals surface area contributed by atoms with Crippen LogP contribution in [0.2, 0.25) is 0 Å². The number of nitrogens with zero attached hydrogens (tertiary/aromatic N) is 2. The van der Waals surface area contributed by atoms with E-state index in [2.05, 4.69) is 29.2 Å². The fourth-order valence-corrected chi connectivity index (χ4v) is 2.23. The van der Waals surface area contributed by atoms with Crippen LogP contribution in [-0.2, 0) is 10.0 Å². The van der Waals surface area contributed by atoms with Crippen LogP contribution in [-0.4, -0.2) is 76.8 Å². The van der Waals surface area contributed by atoms with E-state index < -0.39 is 10.0 Å². The second-order valence-corrected chi connectivity index (χ2v) is 6.20. The van der Waals surface area contributed by atoms with Crippen LogP contribution in [0.25, 0.3) is 0 Å². The Kier molecular flexibility index (Phi) is 5.13. The quantitative estimate of drug-likeness (QED) is 0.558. The van der Waals surface area contributed by atoms with Gasteiger partial charge in [-0.2, -0.15) is 0 Å². The lowest BCUT2D eigenvalue weighted by molar-refractivity contribution is 0.114. The third-order valence-electron chi connectivity index (χ3n) is 2.92. The van der Waals surface area contributed by atoms with E-state index in [0.717, 1.165) is 26.2 Å². The van der Waals surface area contributed by atoms with E-state index in [0.29, 0.717) is 12.6 Å². The number of likely N-dealkylation sites (N-methyl/N-ethyl adjacent to an activating group) is 2. The molecule has 0 radical (unpaired) electrons. The van der Waals surface area contributed by atoms with Gasteiger partial charge in [-0.3, -0.25) is 4.90 Å². The van der Waals surface area contributed by atoms with Crippen molar-refractivity contribution in [3.8, 4) is 0 Å². The summed E-state index contributed by atoms with van der Waals surface area (Å²) in [7, 11) is 0.860. The normalized spacial score (nSPS) is 24.8. The molecule has 1 atom stereocenters. The fraction of sp³-hybridized carbons (Fsp3) is 1.00. The van der Waals surface area contributed by atoms with Gasteiger partial charge in [-0.1, -0.05) is 0 Å². The van der Waals surface area contributed by atoms with Gasteiger partial charge >= 0.3 is 0 Å². The first-order chi connectivity index (χ1) is 7.38. The second kappa shape index (κ2) is 5.92. The van der Waals surface area contributed by atoms with Crippen molar-refractivity contribution in [2.75, 3.05) is 52.6 Å². The maximum Gasteiger partial charge on any atom is 0.210 e. The van der Waals surface area contributed by atoms with Gasteiger partial charge in [0.25, 0.3) is 0 Å². The van der Waals surface area contributed by atoms with Crippen molar-refractivity contribution in [3.63, 3.8) is 0 Å². The Morgan fingerprint density at radius 3 is 2.69 bits per heavy atom. The second-order valence-electron chi connectivity index (χ2n) is 4.47. The number of hydrogen-bond acceptors (Lipinski definition) is 5. The largest absolute Gasteiger partial charge is 0.314 e. The standard InChI is InChI=1S/C9H22N4O2S/c1-12-4-5-13(2)9(8-12)7-11-3-6-16(10,14)15/h9,11H,3-8H2,1-2H3,(H2,10,14,15). The minimum Gasteiger partial charge on any atom is -0.314 e. The van der Waals surface area contributed by atoms with Gasteiger partial charge in [0.2, 0.25) is 10.0 Å². The molecule has 0 aromatic rings. The Balaban J connectivity index is 2.21. The molecule has 0 aromatic carbocycles. The van der Waals surface area contributed by atoms with Gasteiger partial charge in [-0.05, 0) is 14.1 Å². The predicted octanol–water partition coefficient (Wildman–Crippen LogP) is -1.89. The van der Waals surface area contributed by atoms with Crippen LogP contribution in [0.5, 0.6) is 0 Å². The molecule has 0 amide bonds. The number of sulfonamides is 1. The Hall–Kier alpha value is -0.210. The van der Waals surface area contributed by atoms with E-state index >= 15 is 0 Å². The summed E-state index contributed by atoms with van der Waals surface area (Å²) in [4.78, 5) is 4.58. The zero-order chi connectivity index (χ0) is 12.2. The molecule has 1 fully saturated rings. The Morgan fingerprint density at radius 2 is 2.06 bits per heavy atom. The Labute approximate surface area is 97.8 Å². The summed E-state index contributed by atoms with van der Waals surface area (Å²) in [5.41, 5.74) is 0. The molecule has 1 heterocycles. The average Bonchev–Trinajstić information content (AvgIpc) is 2.16. The number of nitrogens with one attached hydrogen (secondary N) is 1. The molecule has 1 saturated heterocycles. The molecule has 1 rings (SSSR count). The monoisotopic (exact) mass is 250 g/mol. The summed E-state index contributed by atoms with van der Waals surface area (Å²) in [5, 5.41) is 8.05. The Morgan fingerprint density at radius 1 is 1.38 bits per heavy atom. The van der Waals surface area contributed by atoms with E-state index in [4.69, 9.17) is 5.14 Å². The van der Waals surface area contributed by atoms with Gasteiger partial charge in [-0.15, -0.1) is 0 Å². The highest BCUT2D eigenvalue weighted by Crippen LogP contribution is 2.04. The topological polar surface area (TPSA) is 78.7 Å². The van der Waals surface area contributed by atoms with E-state index in [1.165, 1.54) is 0 Å². The lowest BCUT2D eigenvalue weighted by atomic mass is 10.2. The highest BCUT2D eigenvalue weighted by atomic mass is 32.2. The molecule has 6 nitrogen and oxygen atoms in total. The Bertz CT molecular complexity index is 307. The van der Waals surface area contributed by atoms with Gasteiger partial charge in [0, 0.05) is 38.8 Å². The van der Waals surface area contributed by atoms with Crippen LogP contribution in [0.1, 0.15) is 0 Å². The van der Waals surface area contributed by atoms with E-state index in [1.807, 2.05) is 0 Å². The molecule has 96 valence electrons. The van der Waals surface area contributed by atoms with Gasteiger partial charge in [0.1, 0.15) is 0 Å². The zero-order valence-corrected chi connectivity index (χ0v) is 10.8. The van der Waals surface area contributed by atoms with Crippen LogP contribution in [0.4, 0.5) is 0 Å². The smallest absolute Gasteiger partial charge is 0.210 e. The van der Waals surface area contributed by atoms with Crippen molar-refractivity contribution < 1.29 is 8.42 Å². The zero-order valence-electron chi connectivity index (χ0n) is 10.0. The van der Waals surface area contributed by atoms with Crippen molar-refractivity contribution in [1.29, 1.82) is 0 Å². The van der Waals surface area contributed by atoms with Gasteiger partial charge < -0.3 is 10.2 Å². The first-order valence-corrected chi connectivity index (χ1v) is 7.20. The van der Waals surface area contributed by atoms with Crippen molar-refractivity contribution in [2.24, 2.45) is 5.14 Å². The molecule has 0 saturated carbocycles. The molecule has 0 bridgehead atoms. The van der Waals surface area contributed by atoms with Crippen molar-refractivity contribution in [1.82, 2.24) is 15.1 Å². The third-order valence-corrected chi connectivity index (χ3v) is 3.70. The van der Waals surface area contributed by atoms with Gasteiger partial charge in [0.15, 0.2) is 0 Å². The summed E-state index contributed by atoms with van der Waals surface area (Å²) < 4.78 is 21.4. The summed E-state index contributed by atoms with van der Waals surface area (Å²) in [5.74, 6) is -0.000721. The van der Waals surface area contributed by atoms with Crippen LogP contribution >= 0.6 is 0 Å². The molecule has 1 aliphatic rings. The molecule has 16 heavy (non-hydrogen) atoms. The number of piperazine rings is 1. The molecule has 1 aliphatic heterocycles. The molecule has 0 spiro atoms. The average molecular weight is 250 g/mol. The molecule has 1 unspecified atom stereocenters. The fourth-order valence-electron chi connectivity index (χ4n) is 1.80. The summed E-state index contributed by atoms with van der Waals surface area (Å²) in [6.07, 6.45) is 0. The third kappa shape index (κ3) is 5.22. The van der Waals surface area contributed by atoms with Crippen LogP contribution < -0.4 is 10.5 Å². The summed E-state index contributed by atoms with van der Waals surface area (Å²) in [6, 6.07) is 0.444. The molecule has 7 heteroatoms. The first-order valence-electron chi connectivity index (χ1n) is 5.48. The lowest BCUT2D eigenvalue weighted by Crippen LogP contribution is -2.54. The highest BCUT2D eigenvalue weighted by Gasteiger charge is 2.21. The van der Waals surface area contributed by atoms with Crippen molar-refractivity contribution in [2.45, 2.75) is 6.04 Å².